The molecular weight excluding hydrogens is 434 g/mol. The van der Waals surface area contributed by atoms with Gasteiger partial charge in [0.25, 0.3) is 0 Å². The van der Waals surface area contributed by atoms with E-state index < -0.39 is 5.60 Å². The Morgan fingerprint density at radius 1 is 0.941 bits per heavy atom. The normalized spacial score (nSPS) is 21.0. The predicted octanol–water partition coefficient (Wildman–Crippen LogP) is 2.90. The maximum atomic E-state index is 12.3. The highest BCUT2D eigenvalue weighted by molar-refractivity contribution is 6.05. The van der Waals surface area contributed by atoms with Crippen molar-refractivity contribution >= 4 is 29.4 Å². The molecule has 3 heterocycles. The van der Waals surface area contributed by atoms with Crippen LogP contribution in [0.25, 0.3) is 0 Å². The van der Waals surface area contributed by atoms with E-state index in [1.165, 1.54) is 0 Å². The molecule has 9 nitrogen and oxygen atoms in total. The quantitative estimate of drug-likeness (QED) is 0.727. The van der Waals surface area contributed by atoms with Crippen molar-refractivity contribution in [3.8, 4) is 0 Å². The SMILES string of the molecule is CC(C)(C)OC(=O)N1CCC(CN2CCN(c3ccc(N4CCC(=O)NC4=O)cc3)CC2)CC1. The molecule has 34 heavy (non-hydrogen) atoms. The Hall–Kier alpha value is -2.81. The molecular formula is C25H37N5O4. The van der Waals surface area contributed by atoms with Crippen molar-refractivity contribution in [2.75, 3.05) is 62.2 Å². The molecule has 0 spiro atoms. The number of urea groups is 1. The van der Waals surface area contributed by atoms with Crippen molar-refractivity contribution in [1.82, 2.24) is 15.1 Å². The lowest BCUT2D eigenvalue weighted by molar-refractivity contribution is -0.120. The number of hydrogen-bond acceptors (Lipinski definition) is 6. The number of piperidine rings is 1. The van der Waals surface area contributed by atoms with Gasteiger partial charge in [0.2, 0.25) is 5.91 Å². The summed E-state index contributed by atoms with van der Waals surface area (Å²) < 4.78 is 5.50. The van der Waals surface area contributed by atoms with Crippen LogP contribution >= 0.6 is 0 Å². The van der Waals surface area contributed by atoms with Gasteiger partial charge in [-0.15, -0.1) is 0 Å². The molecule has 3 aliphatic heterocycles. The van der Waals surface area contributed by atoms with Gasteiger partial charge < -0.3 is 14.5 Å². The first-order valence-electron chi connectivity index (χ1n) is 12.3. The molecule has 1 N–H and O–H groups in total. The van der Waals surface area contributed by atoms with E-state index in [0.717, 1.165) is 70.0 Å². The minimum absolute atomic E-state index is 0.194. The van der Waals surface area contributed by atoms with Crippen LogP contribution < -0.4 is 15.1 Å². The second-order valence-corrected chi connectivity index (χ2v) is 10.5. The summed E-state index contributed by atoms with van der Waals surface area (Å²) in [4.78, 5) is 44.0. The molecule has 3 saturated heterocycles. The zero-order valence-corrected chi connectivity index (χ0v) is 20.6. The molecule has 0 unspecified atom stereocenters. The third-order valence-corrected chi connectivity index (χ3v) is 6.74. The Bertz CT molecular complexity index is 882. The van der Waals surface area contributed by atoms with Crippen molar-refractivity contribution in [2.45, 2.75) is 45.6 Å². The Kier molecular flexibility index (Phi) is 7.30. The van der Waals surface area contributed by atoms with Gasteiger partial charge in [0.15, 0.2) is 0 Å². The third-order valence-electron chi connectivity index (χ3n) is 6.74. The van der Waals surface area contributed by atoms with Crippen LogP contribution in [0, 0.1) is 5.92 Å². The number of carbonyl (C=O) groups excluding carboxylic acids is 3. The highest BCUT2D eigenvalue weighted by Gasteiger charge is 2.29. The molecule has 4 amide bonds. The number of piperazine rings is 1. The molecule has 0 aromatic heterocycles. The minimum atomic E-state index is -0.448. The number of likely N-dealkylation sites (tertiary alicyclic amines) is 1. The largest absolute Gasteiger partial charge is 0.444 e. The molecule has 3 aliphatic rings. The van der Waals surface area contributed by atoms with Gasteiger partial charge in [0, 0.05) is 70.2 Å². The molecule has 1 aromatic rings. The smallest absolute Gasteiger partial charge is 0.410 e. The molecule has 3 fully saturated rings. The van der Waals surface area contributed by atoms with Crippen LogP contribution in [0.3, 0.4) is 0 Å². The Balaban J connectivity index is 1.20. The first-order chi connectivity index (χ1) is 16.2. The van der Waals surface area contributed by atoms with Crippen LogP contribution in [0.15, 0.2) is 24.3 Å². The van der Waals surface area contributed by atoms with E-state index in [2.05, 4.69) is 27.2 Å². The van der Waals surface area contributed by atoms with Crippen molar-refractivity contribution in [1.29, 1.82) is 0 Å². The summed E-state index contributed by atoms with van der Waals surface area (Å²) in [5, 5.41) is 2.37. The lowest BCUT2D eigenvalue weighted by Crippen LogP contribution is -2.50. The number of nitrogens with one attached hydrogen (secondary N) is 1. The predicted molar refractivity (Wildman–Crippen MR) is 131 cm³/mol. The number of ether oxygens (including phenoxy) is 1. The molecule has 4 rings (SSSR count). The number of hydrogen-bond donors (Lipinski definition) is 1. The second-order valence-electron chi connectivity index (χ2n) is 10.5. The summed E-state index contributed by atoms with van der Waals surface area (Å²) in [5.41, 5.74) is 1.52. The van der Waals surface area contributed by atoms with Gasteiger partial charge in [0.1, 0.15) is 5.60 Å². The molecule has 0 aliphatic carbocycles. The molecule has 0 saturated carbocycles. The highest BCUT2D eigenvalue weighted by atomic mass is 16.6. The van der Waals surface area contributed by atoms with Gasteiger partial charge in [0.05, 0.1) is 0 Å². The van der Waals surface area contributed by atoms with Crippen molar-refractivity contribution < 1.29 is 19.1 Å². The van der Waals surface area contributed by atoms with E-state index in [1.54, 1.807) is 4.90 Å². The van der Waals surface area contributed by atoms with E-state index in [4.69, 9.17) is 4.74 Å². The third kappa shape index (κ3) is 6.20. The first-order valence-corrected chi connectivity index (χ1v) is 12.3. The summed E-state index contributed by atoms with van der Waals surface area (Å²) in [5.74, 6) is 0.399. The van der Waals surface area contributed by atoms with E-state index >= 15 is 0 Å². The molecule has 0 radical (unpaired) electrons. The van der Waals surface area contributed by atoms with Crippen LogP contribution in [0.4, 0.5) is 21.0 Å². The fourth-order valence-corrected chi connectivity index (χ4v) is 4.83. The lowest BCUT2D eigenvalue weighted by atomic mass is 9.96. The van der Waals surface area contributed by atoms with Crippen LogP contribution in [-0.2, 0) is 9.53 Å². The zero-order chi connectivity index (χ0) is 24.3. The number of rotatable bonds is 4. The number of amides is 4. The van der Waals surface area contributed by atoms with Crippen LogP contribution in [-0.4, -0.2) is 85.8 Å². The van der Waals surface area contributed by atoms with Gasteiger partial charge in [-0.2, -0.15) is 0 Å². The van der Waals surface area contributed by atoms with E-state index in [0.29, 0.717) is 18.9 Å². The Morgan fingerprint density at radius 2 is 1.56 bits per heavy atom. The Labute approximate surface area is 202 Å². The van der Waals surface area contributed by atoms with Gasteiger partial charge in [-0.05, 0) is 63.8 Å². The number of anilines is 2. The molecule has 186 valence electrons. The second kappa shape index (κ2) is 10.2. The molecule has 0 bridgehead atoms. The maximum absolute atomic E-state index is 12.3. The zero-order valence-electron chi connectivity index (χ0n) is 20.6. The summed E-state index contributed by atoms with van der Waals surface area (Å²) in [6.07, 6.45) is 2.18. The molecule has 1 aromatic carbocycles. The minimum Gasteiger partial charge on any atom is -0.444 e. The van der Waals surface area contributed by atoms with E-state index in [9.17, 15) is 14.4 Å². The number of benzene rings is 1. The summed E-state index contributed by atoms with van der Waals surface area (Å²) in [6.45, 7) is 12.7. The van der Waals surface area contributed by atoms with Gasteiger partial charge >= 0.3 is 12.1 Å². The Morgan fingerprint density at radius 3 is 2.15 bits per heavy atom. The average Bonchev–Trinajstić information content (AvgIpc) is 2.79. The van der Waals surface area contributed by atoms with Gasteiger partial charge in [-0.3, -0.25) is 19.9 Å². The monoisotopic (exact) mass is 471 g/mol. The lowest BCUT2D eigenvalue weighted by Gasteiger charge is -2.39. The average molecular weight is 472 g/mol. The van der Waals surface area contributed by atoms with Gasteiger partial charge in [-0.1, -0.05) is 0 Å². The summed E-state index contributed by atoms with van der Waals surface area (Å²) >= 11 is 0. The fraction of sp³-hybridized carbons (Fsp3) is 0.640. The fourth-order valence-electron chi connectivity index (χ4n) is 4.83. The van der Waals surface area contributed by atoms with Crippen LogP contribution in [0.2, 0.25) is 0 Å². The topological polar surface area (TPSA) is 85.4 Å². The summed E-state index contributed by atoms with van der Waals surface area (Å²) in [6, 6.07) is 7.67. The summed E-state index contributed by atoms with van der Waals surface area (Å²) in [7, 11) is 0. The number of imide groups is 1. The molecule has 0 atom stereocenters. The number of nitrogens with zero attached hydrogens (tertiary/aromatic N) is 4. The highest BCUT2D eigenvalue weighted by Crippen LogP contribution is 2.25. The first kappa shape index (κ1) is 24.3. The van der Waals surface area contributed by atoms with E-state index in [1.807, 2.05) is 37.8 Å². The van der Waals surface area contributed by atoms with Gasteiger partial charge in [-0.25, -0.2) is 9.59 Å². The van der Waals surface area contributed by atoms with Crippen LogP contribution in [0.1, 0.15) is 40.0 Å². The van der Waals surface area contributed by atoms with Crippen molar-refractivity contribution in [3.63, 3.8) is 0 Å². The molecule has 9 heteroatoms. The van der Waals surface area contributed by atoms with Crippen LogP contribution in [0.5, 0.6) is 0 Å². The standard InChI is InChI=1S/C25H37N5O4/c1-25(2,3)34-24(33)29-11-8-19(9-12-29)18-27-14-16-28(17-15-27)20-4-6-21(7-5-20)30-13-10-22(31)26-23(30)32/h4-7,19H,8-18H2,1-3H3,(H,26,31,32). The van der Waals surface area contributed by atoms with Crippen molar-refractivity contribution in [2.24, 2.45) is 5.92 Å². The van der Waals surface area contributed by atoms with Crippen molar-refractivity contribution in [3.05, 3.63) is 24.3 Å². The van der Waals surface area contributed by atoms with E-state index in [-0.39, 0.29) is 18.0 Å². The number of carbonyl (C=O) groups is 3. The maximum Gasteiger partial charge on any atom is 0.410 e.